The predicted octanol–water partition coefficient (Wildman–Crippen LogP) is 1.21. The maximum Gasteiger partial charge on any atom is 0.305 e. The van der Waals surface area contributed by atoms with Gasteiger partial charge in [0.15, 0.2) is 0 Å². The van der Waals surface area contributed by atoms with Gasteiger partial charge in [0.25, 0.3) is 5.91 Å². The summed E-state index contributed by atoms with van der Waals surface area (Å²) in [7, 11) is 0. The second kappa shape index (κ2) is 12.9. The standard InChI is InChI=1S/C25H30N4O6/c1-16(2)23(28-24(34)18-8-4-3-5-9-18)25(35)29(13-17-7-6-10-19(26)11-17)14-21(31)27-20(15-30)12-22(32)33/h3-11,15-16,20,23H,12-14,26H2,1-2H3,(H,27,31)(H,28,34)(H,32,33). The number of carboxylic acids is 1. The van der Waals surface area contributed by atoms with E-state index in [9.17, 15) is 24.0 Å². The zero-order valence-corrected chi connectivity index (χ0v) is 19.6. The maximum atomic E-state index is 13.5. The van der Waals surface area contributed by atoms with Gasteiger partial charge in [-0.25, -0.2) is 0 Å². The Morgan fingerprint density at radius 2 is 1.71 bits per heavy atom. The third-order valence-electron chi connectivity index (χ3n) is 5.13. The number of carbonyl (C=O) groups is 5. The van der Waals surface area contributed by atoms with Crippen LogP contribution in [0, 0.1) is 5.92 Å². The molecule has 3 amide bonds. The Morgan fingerprint density at radius 3 is 2.29 bits per heavy atom. The third kappa shape index (κ3) is 8.58. The summed E-state index contributed by atoms with van der Waals surface area (Å²) in [6.07, 6.45) is -0.257. The minimum Gasteiger partial charge on any atom is -0.481 e. The number of hydrogen-bond acceptors (Lipinski definition) is 6. The Morgan fingerprint density at radius 1 is 1.03 bits per heavy atom. The van der Waals surface area contributed by atoms with Crippen molar-refractivity contribution in [1.29, 1.82) is 0 Å². The molecule has 186 valence electrons. The van der Waals surface area contributed by atoms with Crippen LogP contribution in [0.2, 0.25) is 0 Å². The summed E-state index contributed by atoms with van der Waals surface area (Å²) in [6, 6.07) is 13.0. The average Bonchev–Trinajstić information content (AvgIpc) is 2.81. The number of amides is 3. The van der Waals surface area contributed by atoms with Gasteiger partial charge in [-0.05, 0) is 35.7 Å². The zero-order valence-electron chi connectivity index (χ0n) is 19.6. The highest BCUT2D eigenvalue weighted by molar-refractivity contribution is 5.98. The first-order valence-electron chi connectivity index (χ1n) is 11.1. The highest BCUT2D eigenvalue weighted by atomic mass is 16.4. The molecule has 0 aliphatic carbocycles. The van der Waals surface area contributed by atoms with Crippen molar-refractivity contribution in [2.24, 2.45) is 5.92 Å². The van der Waals surface area contributed by atoms with E-state index in [1.54, 1.807) is 68.4 Å². The van der Waals surface area contributed by atoms with Crippen LogP contribution in [0.15, 0.2) is 54.6 Å². The van der Waals surface area contributed by atoms with Gasteiger partial charge in [-0.1, -0.05) is 44.2 Å². The van der Waals surface area contributed by atoms with Gasteiger partial charge in [0.1, 0.15) is 12.3 Å². The van der Waals surface area contributed by atoms with Crippen LogP contribution >= 0.6 is 0 Å². The van der Waals surface area contributed by atoms with Crippen LogP contribution < -0.4 is 16.4 Å². The summed E-state index contributed by atoms with van der Waals surface area (Å²) in [5.74, 6) is -3.22. The molecule has 10 heteroatoms. The molecule has 0 spiro atoms. The quantitative estimate of drug-likeness (QED) is 0.261. The van der Waals surface area contributed by atoms with Crippen LogP contribution in [0.5, 0.6) is 0 Å². The van der Waals surface area contributed by atoms with E-state index in [4.69, 9.17) is 10.8 Å². The molecule has 2 aromatic carbocycles. The molecule has 2 atom stereocenters. The number of rotatable bonds is 12. The zero-order chi connectivity index (χ0) is 26.0. The second-order valence-corrected chi connectivity index (χ2v) is 8.41. The minimum atomic E-state index is -1.25. The number of nitrogens with one attached hydrogen (secondary N) is 2. The number of nitrogens with zero attached hydrogens (tertiary/aromatic N) is 1. The first kappa shape index (κ1) is 27.0. The Kier molecular flexibility index (Phi) is 9.95. The Balaban J connectivity index is 2.27. The first-order valence-corrected chi connectivity index (χ1v) is 11.1. The van der Waals surface area contributed by atoms with Crippen LogP contribution in [0.25, 0.3) is 0 Å². The van der Waals surface area contributed by atoms with Gasteiger partial charge in [0, 0.05) is 17.8 Å². The van der Waals surface area contributed by atoms with Gasteiger partial charge in [-0.3, -0.25) is 19.2 Å². The maximum absolute atomic E-state index is 13.5. The van der Waals surface area contributed by atoms with Crippen molar-refractivity contribution in [3.63, 3.8) is 0 Å². The van der Waals surface area contributed by atoms with E-state index in [1.165, 1.54) is 4.90 Å². The first-order chi connectivity index (χ1) is 16.6. The Labute approximate surface area is 203 Å². The van der Waals surface area contributed by atoms with E-state index >= 15 is 0 Å². The molecule has 10 nitrogen and oxygen atoms in total. The van der Waals surface area contributed by atoms with Gasteiger partial charge >= 0.3 is 5.97 Å². The molecule has 0 bridgehead atoms. The molecule has 5 N–H and O–H groups in total. The van der Waals surface area contributed by atoms with Crippen molar-refractivity contribution in [3.8, 4) is 0 Å². The summed E-state index contributed by atoms with van der Waals surface area (Å²) >= 11 is 0. The van der Waals surface area contributed by atoms with E-state index in [0.717, 1.165) is 0 Å². The molecule has 0 fully saturated rings. The van der Waals surface area contributed by atoms with Crippen LogP contribution in [-0.4, -0.2) is 58.6 Å². The van der Waals surface area contributed by atoms with Crippen molar-refractivity contribution in [2.75, 3.05) is 12.3 Å². The largest absolute Gasteiger partial charge is 0.481 e. The van der Waals surface area contributed by atoms with Gasteiger partial charge < -0.3 is 31.2 Å². The summed E-state index contributed by atoms with van der Waals surface area (Å²) in [5.41, 5.74) is 7.35. The van der Waals surface area contributed by atoms with Gasteiger partial charge in [-0.15, -0.1) is 0 Å². The van der Waals surface area contributed by atoms with E-state index < -0.39 is 48.7 Å². The molecular formula is C25H30N4O6. The number of aliphatic carboxylic acids is 1. The van der Waals surface area contributed by atoms with E-state index in [1.807, 2.05) is 0 Å². The van der Waals surface area contributed by atoms with E-state index in [0.29, 0.717) is 23.1 Å². The van der Waals surface area contributed by atoms with Crippen molar-refractivity contribution in [2.45, 2.75) is 38.9 Å². The number of aldehydes is 1. The molecular weight excluding hydrogens is 452 g/mol. The van der Waals surface area contributed by atoms with Crippen molar-refractivity contribution in [3.05, 3.63) is 65.7 Å². The molecule has 0 heterocycles. The van der Waals surface area contributed by atoms with Crippen LogP contribution in [0.1, 0.15) is 36.2 Å². The van der Waals surface area contributed by atoms with Gasteiger partial charge in [0.05, 0.1) is 19.0 Å². The molecule has 2 rings (SSSR count). The molecule has 0 radical (unpaired) electrons. The van der Waals surface area contributed by atoms with Gasteiger partial charge in [-0.2, -0.15) is 0 Å². The molecule has 2 unspecified atom stereocenters. The highest BCUT2D eigenvalue weighted by Crippen LogP contribution is 2.14. The molecule has 35 heavy (non-hydrogen) atoms. The minimum absolute atomic E-state index is 0.00636. The number of benzene rings is 2. The monoisotopic (exact) mass is 482 g/mol. The number of carboxylic acid groups (broad SMARTS) is 1. The summed E-state index contributed by atoms with van der Waals surface area (Å²) in [6.45, 7) is 3.08. The normalized spacial score (nSPS) is 12.3. The number of anilines is 1. The van der Waals surface area contributed by atoms with Crippen molar-refractivity contribution < 1.29 is 29.1 Å². The lowest BCUT2D eigenvalue weighted by Crippen LogP contribution is -2.53. The lowest BCUT2D eigenvalue weighted by atomic mass is 10.0. The number of carbonyl (C=O) groups excluding carboxylic acids is 4. The number of nitrogens with two attached hydrogens (primary N) is 1. The van der Waals surface area contributed by atoms with E-state index in [-0.39, 0.29) is 12.5 Å². The lowest BCUT2D eigenvalue weighted by molar-refractivity contribution is -0.141. The fourth-order valence-electron chi connectivity index (χ4n) is 3.40. The summed E-state index contributed by atoms with van der Waals surface area (Å²) < 4.78 is 0. The lowest BCUT2D eigenvalue weighted by Gasteiger charge is -2.30. The molecule has 0 saturated carbocycles. The van der Waals surface area contributed by atoms with Crippen molar-refractivity contribution >= 4 is 35.7 Å². The molecule has 0 aliphatic rings. The fraction of sp³-hybridized carbons (Fsp3) is 0.320. The SMILES string of the molecule is CC(C)C(NC(=O)c1ccccc1)C(=O)N(CC(=O)NC(C=O)CC(=O)O)Cc1cccc(N)c1. The topological polar surface area (TPSA) is 159 Å². The van der Waals surface area contributed by atoms with E-state index in [2.05, 4.69) is 10.6 Å². The second-order valence-electron chi connectivity index (χ2n) is 8.41. The highest BCUT2D eigenvalue weighted by Gasteiger charge is 2.30. The fourth-order valence-corrected chi connectivity index (χ4v) is 3.40. The number of hydrogen-bond donors (Lipinski definition) is 4. The third-order valence-corrected chi connectivity index (χ3v) is 5.13. The summed E-state index contributed by atoms with van der Waals surface area (Å²) in [5, 5.41) is 14.0. The molecule has 0 aliphatic heterocycles. The molecule has 2 aromatic rings. The smallest absolute Gasteiger partial charge is 0.305 e. The van der Waals surface area contributed by atoms with Crippen LogP contribution in [0.3, 0.4) is 0 Å². The van der Waals surface area contributed by atoms with Crippen LogP contribution in [0.4, 0.5) is 5.69 Å². The molecule has 0 aromatic heterocycles. The Bertz CT molecular complexity index is 1060. The number of nitrogen functional groups attached to an aromatic ring is 1. The molecule has 0 saturated heterocycles. The Hall–Kier alpha value is -4.21. The average molecular weight is 483 g/mol. The predicted molar refractivity (Wildman–Crippen MR) is 129 cm³/mol. The van der Waals surface area contributed by atoms with Gasteiger partial charge in [0.2, 0.25) is 11.8 Å². The van der Waals surface area contributed by atoms with Crippen LogP contribution in [-0.2, 0) is 25.7 Å². The summed E-state index contributed by atoms with van der Waals surface area (Å²) in [4.78, 5) is 62.2. The van der Waals surface area contributed by atoms with Crippen molar-refractivity contribution in [1.82, 2.24) is 15.5 Å².